The van der Waals surface area contributed by atoms with E-state index in [2.05, 4.69) is 42.2 Å². The molecule has 0 unspecified atom stereocenters. The predicted octanol–water partition coefficient (Wildman–Crippen LogP) is 4.66. The van der Waals surface area contributed by atoms with Crippen molar-refractivity contribution in [3.05, 3.63) is 64.2 Å². The maximum atomic E-state index is 11.6. The van der Waals surface area contributed by atoms with Crippen molar-refractivity contribution in [1.82, 2.24) is 4.90 Å². The number of rotatable bonds is 4. The van der Waals surface area contributed by atoms with E-state index in [0.29, 0.717) is 13.2 Å². The van der Waals surface area contributed by atoms with Crippen LogP contribution >= 0.6 is 0 Å². The molecule has 0 amide bonds. The van der Waals surface area contributed by atoms with Gasteiger partial charge >= 0.3 is 5.97 Å². The fourth-order valence-corrected chi connectivity index (χ4v) is 4.95. The van der Waals surface area contributed by atoms with E-state index in [4.69, 9.17) is 9.47 Å². The van der Waals surface area contributed by atoms with E-state index < -0.39 is 11.4 Å². The molecule has 0 atom stereocenters. The third kappa shape index (κ3) is 3.72. The lowest BCUT2D eigenvalue weighted by Crippen LogP contribution is -2.38. The Morgan fingerprint density at radius 2 is 1.87 bits per heavy atom. The number of likely N-dealkylation sites (tertiary alicyclic amines) is 1. The molecule has 1 aliphatic carbocycles. The fourth-order valence-electron chi connectivity index (χ4n) is 4.95. The van der Waals surface area contributed by atoms with Gasteiger partial charge < -0.3 is 19.5 Å². The topological polar surface area (TPSA) is 59.0 Å². The lowest BCUT2D eigenvalue weighted by Gasteiger charge is -2.32. The fraction of sp³-hybridized carbons (Fsp3) is 0.423. The molecule has 0 radical (unpaired) electrons. The lowest BCUT2D eigenvalue weighted by molar-refractivity contribution is -0.144. The minimum absolute atomic E-state index is 0.492. The molecule has 5 rings (SSSR count). The second kappa shape index (κ2) is 7.72. The highest BCUT2D eigenvalue weighted by atomic mass is 16.5. The number of piperidine rings is 1. The molecular weight excluding hydrogens is 390 g/mol. The molecule has 5 heteroatoms. The summed E-state index contributed by atoms with van der Waals surface area (Å²) in [5.74, 6) is 1.14. The highest BCUT2D eigenvalue weighted by Crippen LogP contribution is 2.47. The number of aliphatic carboxylic acids is 1. The van der Waals surface area contributed by atoms with Crippen molar-refractivity contribution in [2.45, 2.75) is 39.2 Å². The Balaban J connectivity index is 1.50. The molecule has 1 saturated carbocycles. The first-order chi connectivity index (χ1) is 15.0. The summed E-state index contributed by atoms with van der Waals surface area (Å²) in [6.07, 6.45) is 3.52. The highest BCUT2D eigenvalue weighted by Gasteiger charge is 2.51. The summed E-state index contributed by atoms with van der Waals surface area (Å²) in [5.41, 5.74) is 6.92. The van der Waals surface area contributed by atoms with Gasteiger partial charge in [0.1, 0.15) is 18.1 Å². The average Bonchev–Trinajstić information content (AvgIpc) is 3.57. The molecule has 2 aromatic carbocycles. The maximum absolute atomic E-state index is 11.6. The van der Waals surface area contributed by atoms with Crippen LogP contribution in [0.5, 0.6) is 11.5 Å². The summed E-state index contributed by atoms with van der Waals surface area (Å²) < 4.78 is 11.7. The molecule has 31 heavy (non-hydrogen) atoms. The molecule has 2 fully saturated rings. The number of nitrogens with zero attached hydrogens (tertiary/aromatic N) is 1. The molecule has 0 spiro atoms. The number of carboxylic acid groups (broad SMARTS) is 1. The van der Waals surface area contributed by atoms with Gasteiger partial charge in [0.15, 0.2) is 0 Å². The van der Waals surface area contributed by atoms with E-state index in [1.54, 1.807) is 7.11 Å². The van der Waals surface area contributed by atoms with Gasteiger partial charge in [0.25, 0.3) is 0 Å². The number of carboxylic acids is 1. The van der Waals surface area contributed by atoms with Crippen molar-refractivity contribution in [2.75, 3.05) is 26.7 Å². The van der Waals surface area contributed by atoms with Crippen molar-refractivity contribution >= 4 is 11.5 Å². The molecule has 2 aliphatic heterocycles. The number of carbonyl (C=O) groups is 1. The number of hydrogen-bond donors (Lipinski definition) is 1. The van der Waals surface area contributed by atoms with Crippen LogP contribution in [0.15, 0.2) is 42.0 Å². The Kier molecular flexibility index (Phi) is 5.01. The van der Waals surface area contributed by atoms with Crippen LogP contribution in [0.25, 0.3) is 5.57 Å². The SMILES string of the molecule is COc1ccc2c(c1)COc1cc(C)ccc1C2=C1CCN(CC2(C(=O)O)CC2)CC1. The van der Waals surface area contributed by atoms with E-state index in [0.717, 1.165) is 61.4 Å². The van der Waals surface area contributed by atoms with Gasteiger partial charge in [-0.1, -0.05) is 23.8 Å². The molecule has 2 aromatic rings. The summed E-state index contributed by atoms with van der Waals surface area (Å²) in [4.78, 5) is 13.9. The summed E-state index contributed by atoms with van der Waals surface area (Å²) in [5, 5.41) is 9.54. The van der Waals surface area contributed by atoms with Crippen molar-refractivity contribution < 1.29 is 19.4 Å². The van der Waals surface area contributed by atoms with Gasteiger partial charge in [0, 0.05) is 30.8 Å². The van der Waals surface area contributed by atoms with Crippen molar-refractivity contribution in [1.29, 1.82) is 0 Å². The van der Waals surface area contributed by atoms with Crippen LogP contribution in [0, 0.1) is 12.3 Å². The molecular formula is C26H29NO4. The minimum atomic E-state index is -0.634. The average molecular weight is 420 g/mol. The smallest absolute Gasteiger partial charge is 0.310 e. The lowest BCUT2D eigenvalue weighted by atomic mass is 9.86. The van der Waals surface area contributed by atoms with Crippen LogP contribution < -0.4 is 9.47 Å². The number of hydrogen-bond acceptors (Lipinski definition) is 4. The molecule has 0 aromatic heterocycles. The molecule has 2 heterocycles. The van der Waals surface area contributed by atoms with Crippen LogP contribution in [0.3, 0.4) is 0 Å². The standard InChI is InChI=1S/C26H29NO4/c1-17-3-5-22-23(13-17)31-15-19-14-20(30-2)4-6-21(19)24(22)18-7-11-27(12-8-18)16-26(9-10-26)25(28)29/h3-6,13-14H,7-12,15-16H2,1-2H3,(H,28,29). The van der Waals surface area contributed by atoms with Crippen molar-refractivity contribution in [3.63, 3.8) is 0 Å². The highest BCUT2D eigenvalue weighted by molar-refractivity contribution is 5.87. The Morgan fingerprint density at radius 3 is 2.55 bits per heavy atom. The van der Waals surface area contributed by atoms with Gasteiger partial charge in [0.05, 0.1) is 12.5 Å². The van der Waals surface area contributed by atoms with E-state index >= 15 is 0 Å². The summed E-state index contributed by atoms with van der Waals surface area (Å²) in [6.45, 7) is 5.10. The number of aryl methyl sites for hydroxylation is 1. The largest absolute Gasteiger partial charge is 0.497 e. The summed E-state index contributed by atoms with van der Waals surface area (Å²) in [7, 11) is 1.69. The summed E-state index contributed by atoms with van der Waals surface area (Å²) >= 11 is 0. The molecule has 0 bridgehead atoms. The van der Waals surface area contributed by atoms with Gasteiger partial charge in [-0.2, -0.15) is 0 Å². The first kappa shape index (κ1) is 20.1. The first-order valence-corrected chi connectivity index (χ1v) is 11.1. The molecule has 1 saturated heterocycles. The number of fused-ring (bicyclic) bond motifs is 2. The van der Waals surface area contributed by atoms with Crippen LogP contribution in [0.2, 0.25) is 0 Å². The van der Waals surface area contributed by atoms with E-state index in [1.165, 1.54) is 22.3 Å². The van der Waals surface area contributed by atoms with Crippen molar-refractivity contribution in [2.24, 2.45) is 5.41 Å². The first-order valence-electron chi connectivity index (χ1n) is 11.1. The zero-order chi connectivity index (χ0) is 21.6. The van der Waals surface area contributed by atoms with Crippen LogP contribution in [0.1, 0.15) is 47.9 Å². The van der Waals surface area contributed by atoms with Crippen molar-refractivity contribution in [3.8, 4) is 11.5 Å². The van der Waals surface area contributed by atoms with Gasteiger partial charge in [0.2, 0.25) is 0 Å². The number of benzene rings is 2. The van der Waals surface area contributed by atoms with Gasteiger partial charge in [-0.3, -0.25) is 4.79 Å². The van der Waals surface area contributed by atoms with Crippen LogP contribution in [-0.2, 0) is 11.4 Å². The molecule has 1 N–H and O–H groups in total. The number of ether oxygens (including phenoxy) is 2. The Bertz CT molecular complexity index is 1060. The minimum Gasteiger partial charge on any atom is -0.497 e. The van der Waals surface area contributed by atoms with Crippen LogP contribution in [0.4, 0.5) is 0 Å². The zero-order valence-electron chi connectivity index (χ0n) is 18.2. The normalized spacial score (nSPS) is 19.7. The summed E-state index contributed by atoms with van der Waals surface area (Å²) in [6, 6.07) is 12.7. The molecule has 3 aliphatic rings. The third-order valence-corrected chi connectivity index (χ3v) is 7.02. The zero-order valence-corrected chi connectivity index (χ0v) is 18.2. The predicted molar refractivity (Wildman–Crippen MR) is 120 cm³/mol. The molecule has 162 valence electrons. The van der Waals surface area contributed by atoms with Gasteiger partial charge in [-0.15, -0.1) is 0 Å². The van der Waals surface area contributed by atoms with Crippen LogP contribution in [-0.4, -0.2) is 42.7 Å². The Labute approximate surface area is 183 Å². The van der Waals surface area contributed by atoms with Gasteiger partial charge in [-0.05, 0) is 67.5 Å². The van der Waals surface area contributed by atoms with E-state index in [9.17, 15) is 9.90 Å². The Morgan fingerprint density at radius 1 is 1.13 bits per heavy atom. The quantitative estimate of drug-likeness (QED) is 0.781. The van der Waals surface area contributed by atoms with Gasteiger partial charge in [-0.25, -0.2) is 0 Å². The third-order valence-electron chi connectivity index (χ3n) is 7.02. The van der Waals surface area contributed by atoms with E-state index in [-0.39, 0.29) is 0 Å². The maximum Gasteiger partial charge on any atom is 0.310 e. The molecule has 5 nitrogen and oxygen atoms in total. The second-order valence-electron chi connectivity index (χ2n) is 9.15. The monoisotopic (exact) mass is 419 g/mol. The second-order valence-corrected chi connectivity index (χ2v) is 9.15. The number of methoxy groups -OCH3 is 1. The van der Waals surface area contributed by atoms with E-state index in [1.807, 2.05) is 6.07 Å². The Hall–Kier alpha value is -2.79.